The summed E-state index contributed by atoms with van der Waals surface area (Å²) in [5.41, 5.74) is 0. The van der Waals surface area contributed by atoms with E-state index >= 15 is 0 Å². The second-order valence-corrected chi connectivity index (χ2v) is 17.9. The van der Waals surface area contributed by atoms with Crippen molar-refractivity contribution in [3.8, 4) is 0 Å². The molecule has 0 aromatic carbocycles. The normalized spacial score (nSPS) is 27.5. The third-order valence-electron chi connectivity index (χ3n) is 12.3. The second kappa shape index (κ2) is 37.2. The molecule has 374 valence electrons. The van der Waals surface area contributed by atoms with Crippen LogP contribution in [0.5, 0.6) is 0 Å². The Labute approximate surface area is 385 Å². The highest BCUT2D eigenvalue weighted by Crippen LogP contribution is 2.30. The van der Waals surface area contributed by atoms with Crippen molar-refractivity contribution in [2.45, 2.75) is 254 Å². The first kappa shape index (κ1) is 58.3. The van der Waals surface area contributed by atoms with E-state index in [-0.39, 0.29) is 18.9 Å². The van der Waals surface area contributed by atoms with Gasteiger partial charge in [0.1, 0.15) is 48.8 Å². The van der Waals surface area contributed by atoms with Gasteiger partial charge >= 0.3 is 0 Å². The fraction of sp³-hybridized carbons (Fsp3) is 0.860. The van der Waals surface area contributed by atoms with Crippen LogP contribution in [0.3, 0.4) is 0 Å². The van der Waals surface area contributed by atoms with Gasteiger partial charge < -0.3 is 65.1 Å². The van der Waals surface area contributed by atoms with Crippen LogP contribution in [0.4, 0.5) is 0 Å². The predicted octanol–water partition coefficient (Wildman–Crippen LogP) is 6.32. The van der Waals surface area contributed by atoms with E-state index in [0.29, 0.717) is 6.42 Å². The van der Waals surface area contributed by atoms with Gasteiger partial charge in [-0.2, -0.15) is 0 Å². The number of nitrogens with one attached hydrogen (secondary N) is 1. The second-order valence-electron chi connectivity index (χ2n) is 17.9. The number of amides is 1. The van der Waals surface area contributed by atoms with Gasteiger partial charge in [0.05, 0.1) is 32.0 Å². The van der Waals surface area contributed by atoms with Crippen LogP contribution in [0.25, 0.3) is 0 Å². The lowest BCUT2D eigenvalue weighted by Gasteiger charge is -2.46. The number of aliphatic hydroxyl groups is 8. The molecule has 2 aliphatic heterocycles. The molecule has 14 heteroatoms. The van der Waals surface area contributed by atoms with E-state index in [9.17, 15) is 45.6 Å². The molecular formula is C50H91NO13. The average Bonchev–Trinajstić information content (AvgIpc) is 3.29. The standard InChI is InChI=1S/C50H91NO13/c1-3-5-7-8-9-10-11-12-13-14-15-16-17-18-19-20-21-22-23-24-25-26-27-28-29-30-32-34-42(55)51-38(39(54)33-31-6-4-2)37-61-49-47(60)45(58)48(41(36-53)63-49)64-50-46(59)44(57)43(56)40(35-52)62-50/h11-12,14-15,31,33,38-41,43-50,52-54,56-60H,3-10,13,16-30,32,34-37H2,1-2H3,(H,51,55)/b12-11-,15-14-,33-31+. The van der Waals surface area contributed by atoms with Gasteiger partial charge in [-0.1, -0.05) is 166 Å². The summed E-state index contributed by atoms with van der Waals surface area (Å²) >= 11 is 0. The highest BCUT2D eigenvalue weighted by atomic mass is 16.7. The molecule has 2 rings (SSSR count). The summed E-state index contributed by atoms with van der Waals surface area (Å²) in [7, 11) is 0. The van der Waals surface area contributed by atoms with Crippen molar-refractivity contribution in [3.05, 3.63) is 36.5 Å². The first-order valence-corrected chi connectivity index (χ1v) is 25.2. The van der Waals surface area contributed by atoms with Crippen LogP contribution in [0.15, 0.2) is 36.5 Å². The SMILES string of the molecule is CCC/C=C/C(O)C(COC1OC(CO)C(OC2OC(CO)C(O)C(O)C2O)C(O)C1O)NC(=O)CCCCCCCCCCCCCCCCC/C=C\C/C=C\CCCCCCC. The Balaban J connectivity index is 1.58. The molecule has 0 saturated carbocycles. The summed E-state index contributed by atoms with van der Waals surface area (Å²) in [5.74, 6) is -0.252. The molecule has 64 heavy (non-hydrogen) atoms. The van der Waals surface area contributed by atoms with Crippen LogP contribution in [0.1, 0.15) is 181 Å². The number of ether oxygens (including phenoxy) is 4. The minimum Gasteiger partial charge on any atom is -0.394 e. The van der Waals surface area contributed by atoms with E-state index < -0.39 is 86.8 Å². The monoisotopic (exact) mass is 914 g/mol. The number of hydrogen-bond acceptors (Lipinski definition) is 13. The van der Waals surface area contributed by atoms with Crippen molar-refractivity contribution in [1.29, 1.82) is 0 Å². The zero-order valence-corrected chi connectivity index (χ0v) is 39.5. The Morgan fingerprint density at radius 2 is 1.06 bits per heavy atom. The number of rotatable bonds is 38. The third kappa shape index (κ3) is 24.3. The average molecular weight is 914 g/mol. The van der Waals surface area contributed by atoms with E-state index in [0.717, 1.165) is 38.5 Å². The highest BCUT2D eigenvalue weighted by molar-refractivity contribution is 5.76. The van der Waals surface area contributed by atoms with Crippen molar-refractivity contribution in [3.63, 3.8) is 0 Å². The predicted molar refractivity (Wildman–Crippen MR) is 249 cm³/mol. The molecule has 2 aliphatic rings. The van der Waals surface area contributed by atoms with Gasteiger partial charge in [0.25, 0.3) is 0 Å². The molecule has 12 unspecified atom stereocenters. The summed E-state index contributed by atoms with van der Waals surface area (Å²) in [6, 6.07) is -0.908. The molecule has 2 saturated heterocycles. The smallest absolute Gasteiger partial charge is 0.220 e. The number of carbonyl (C=O) groups is 1. The quantitative estimate of drug-likeness (QED) is 0.0244. The highest BCUT2D eigenvalue weighted by Gasteiger charge is 2.51. The Hall–Kier alpha value is -1.79. The Bertz CT molecular complexity index is 1220. The van der Waals surface area contributed by atoms with Crippen LogP contribution in [0, 0.1) is 0 Å². The minimum atomic E-state index is -1.78. The van der Waals surface area contributed by atoms with Gasteiger partial charge in [-0.25, -0.2) is 0 Å². The summed E-state index contributed by atoms with van der Waals surface area (Å²) < 4.78 is 22.5. The molecule has 14 nitrogen and oxygen atoms in total. The van der Waals surface area contributed by atoms with Gasteiger partial charge in [-0.3, -0.25) is 4.79 Å². The van der Waals surface area contributed by atoms with Gasteiger partial charge in [-0.05, 0) is 44.9 Å². The molecule has 9 N–H and O–H groups in total. The number of aliphatic hydroxyl groups excluding tert-OH is 8. The summed E-state index contributed by atoms with van der Waals surface area (Å²) in [6.45, 7) is 2.54. The first-order chi connectivity index (χ1) is 31.1. The minimum absolute atomic E-state index is 0.252. The van der Waals surface area contributed by atoms with Crippen LogP contribution in [-0.2, 0) is 23.7 Å². The van der Waals surface area contributed by atoms with Crippen molar-refractivity contribution < 1.29 is 64.6 Å². The van der Waals surface area contributed by atoms with Crippen LogP contribution >= 0.6 is 0 Å². The molecule has 12 atom stereocenters. The topological polar surface area (TPSA) is 228 Å². The molecule has 0 aromatic heterocycles. The molecule has 0 aliphatic carbocycles. The molecule has 0 bridgehead atoms. The molecular weight excluding hydrogens is 823 g/mol. The molecule has 0 radical (unpaired) electrons. The summed E-state index contributed by atoms with van der Waals surface area (Å²) in [5, 5.41) is 85.8. The van der Waals surface area contributed by atoms with Crippen molar-refractivity contribution in [1.82, 2.24) is 5.32 Å². The maximum absolute atomic E-state index is 13.0. The number of allylic oxidation sites excluding steroid dienone is 5. The molecule has 2 heterocycles. The largest absolute Gasteiger partial charge is 0.394 e. The van der Waals surface area contributed by atoms with Crippen LogP contribution in [0.2, 0.25) is 0 Å². The number of carbonyl (C=O) groups excluding carboxylic acids is 1. The fourth-order valence-electron chi connectivity index (χ4n) is 8.15. The third-order valence-corrected chi connectivity index (χ3v) is 12.3. The van der Waals surface area contributed by atoms with E-state index in [1.165, 1.54) is 116 Å². The molecule has 2 fully saturated rings. The van der Waals surface area contributed by atoms with Crippen molar-refractivity contribution >= 4 is 5.91 Å². The van der Waals surface area contributed by atoms with Crippen LogP contribution < -0.4 is 5.32 Å². The molecule has 1 amide bonds. The Morgan fingerprint density at radius 1 is 0.562 bits per heavy atom. The maximum atomic E-state index is 13.0. The van der Waals surface area contributed by atoms with Crippen molar-refractivity contribution in [2.75, 3.05) is 19.8 Å². The summed E-state index contributed by atoms with van der Waals surface area (Å²) in [6.07, 6.45) is 26.0. The van der Waals surface area contributed by atoms with E-state index in [1.807, 2.05) is 13.0 Å². The van der Waals surface area contributed by atoms with Crippen molar-refractivity contribution in [2.24, 2.45) is 0 Å². The van der Waals surface area contributed by atoms with Gasteiger partial charge in [-0.15, -0.1) is 0 Å². The Kier molecular flexibility index (Phi) is 33.9. The zero-order chi connectivity index (χ0) is 46.8. The lowest BCUT2D eigenvalue weighted by molar-refractivity contribution is -0.359. The number of hydrogen-bond donors (Lipinski definition) is 9. The van der Waals surface area contributed by atoms with E-state index in [2.05, 4.69) is 36.5 Å². The molecule has 0 spiro atoms. The maximum Gasteiger partial charge on any atom is 0.220 e. The van der Waals surface area contributed by atoms with Gasteiger partial charge in [0.15, 0.2) is 12.6 Å². The zero-order valence-electron chi connectivity index (χ0n) is 39.5. The molecule has 0 aromatic rings. The first-order valence-electron chi connectivity index (χ1n) is 25.2. The number of unbranched alkanes of at least 4 members (excludes halogenated alkanes) is 21. The van der Waals surface area contributed by atoms with Gasteiger partial charge in [0, 0.05) is 6.42 Å². The lowest BCUT2D eigenvalue weighted by Crippen LogP contribution is -2.65. The van der Waals surface area contributed by atoms with E-state index in [4.69, 9.17) is 18.9 Å². The van der Waals surface area contributed by atoms with E-state index in [1.54, 1.807) is 6.08 Å². The van der Waals surface area contributed by atoms with Crippen LogP contribution in [-0.4, -0.2) is 140 Å². The fourth-order valence-corrected chi connectivity index (χ4v) is 8.15. The van der Waals surface area contributed by atoms with Gasteiger partial charge in [0.2, 0.25) is 5.91 Å². The lowest BCUT2D eigenvalue weighted by atomic mass is 9.97. The Morgan fingerprint density at radius 3 is 1.59 bits per heavy atom. The summed E-state index contributed by atoms with van der Waals surface area (Å²) in [4.78, 5) is 13.0.